The number of nitrogens with zero attached hydrogens (tertiary/aromatic N) is 3. The first kappa shape index (κ1) is 19.9. The Labute approximate surface area is 186 Å². The van der Waals surface area contributed by atoms with Gasteiger partial charge in [0.05, 0.1) is 16.7 Å². The molecule has 0 aliphatic rings. The molecule has 5 heteroatoms. The fourth-order valence-electron chi connectivity index (χ4n) is 4.18. The van der Waals surface area contributed by atoms with Crippen molar-refractivity contribution in [2.24, 2.45) is 7.05 Å². The number of rotatable bonds is 5. The number of fused-ring (bicyclic) bond motifs is 3. The van der Waals surface area contributed by atoms with Crippen LogP contribution in [0.5, 0.6) is 0 Å². The van der Waals surface area contributed by atoms with E-state index in [1.165, 1.54) is 5.69 Å². The number of benzene rings is 2. The molecule has 3 aromatic heterocycles. The normalized spacial score (nSPS) is 11.2. The van der Waals surface area contributed by atoms with Gasteiger partial charge in [0.2, 0.25) is 0 Å². The van der Waals surface area contributed by atoms with Crippen LogP contribution in [0.2, 0.25) is 0 Å². The molecule has 0 radical (unpaired) electrons. The summed E-state index contributed by atoms with van der Waals surface area (Å²) < 4.78 is 3.93. The van der Waals surface area contributed by atoms with E-state index in [1.54, 1.807) is 6.07 Å². The Balaban J connectivity index is 1.76. The number of pyridine rings is 3. The van der Waals surface area contributed by atoms with Crippen LogP contribution < -0.4 is 15.4 Å². The summed E-state index contributed by atoms with van der Waals surface area (Å²) in [4.78, 5) is 17.8. The van der Waals surface area contributed by atoms with Crippen molar-refractivity contribution in [3.63, 3.8) is 0 Å². The molecule has 158 valence electrons. The van der Waals surface area contributed by atoms with Crippen LogP contribution >= 0.6 is 0 Å². The first-order chi connectivity index (χ1) is 15.6. The smallest absolute Gasteiger partial charge is 0.255 e. The van der Waals surface area contributed by atoms with Crippen molar-refractivity contribution < 1.29 is 4.57 Å². The van der Waals surface area contributed by atoms with Gasteiger partial charge >= 0.3 is 0 Å². The molecule has 3 heterocycles. The highest BCUT2D eigenvalue weighted by molar-refractivity contribution is 6.05. The Morgan fingerprint density at radius 3 is 2.62 bits per heavy atom. The van der Waals surface area contributed by atoms with E-state index < -0.39 is 0 Å². The van der Waals surface area contributed by atoms with Crippen LogP contribution in [0.1, 0.15) is 19.0 Å². The van der Waals surface area contributed by atoms with Crippen molar-refractivity contribution in [1.29, 1.82) is 0 Å². The Morgan fingerprint density at radius 1 is 0.969 bits per heavy atom. The minimum absolute atomic E-state index is 0.0530. The molecule has 2 aromatic carbocycles. The van der Waals surface area contributed by atoms with Crippen molar-refractivity contribution in [3.05, 3.63) is 101 Å². The van der Waals surface area contributed by atoms with E-state index in [0.717, 1.165) is 51.7 Å². The molecular weight excluding hydrogens is 396 g/mol. The Bertz CT molecular complexity index is 1490. The third-order valence-electron chi connectivity index (χ3n) is 5.78. The van der Waals surface area contributed by atoms with Gasteiger partial charge in [-0.1, -0.05) is 25.1 Å². The quantitative estimate of drug-likeness (QED) is 0.319. The lowest BCUT2D eigenvalue weighted by molar-refractivity contribution is -0.679. The zero-order chi connectivity index (χ0) is 22.1. The van der Waals surface area contributed by atoms with E-state index in [1.807, 2.05) is 78.6 Å². The van der Waals surface area contributed by atoms with Gasteiger partial charge in [0.25, 0.3) is 5.56 Å². The lowest BCUT2D eigenvalue weighted by Gasteiger charge is -2.14. The first-order valence-corrected chi connectivity index (χ1v) is 10.9. The van der Waals surface area contributed by atoms with Gasteiger partial charge < -0.3 is 5.32 Å². The summed E-state index contributed by atoms with van der Waals surface area (Å²) in [5.41, 5.74) is 5.70. The molecule has 0 amide bonds. The molecule has 0 saturated heterocycles. The molecule has 0 atom stereocenters. The molecule has 32 heavy (non-hydrogen) atoms. The van der Waals surface area contributed by atoms with Crippen molar-refractivity contribution in [3.8, 4) is 5.69 Å². The second-order valence-corrected chi connectivity index (χ2v) is 8.03. The first-order valence-electron chi connectivity index (χ1n) is 10.9. The van der Waals surface area contributed by atoms with Gasteiger partial charge in [0, 0.05) is 53.0 Å². The summed E-state index contributed by atoms with van der Waals surface area (Å²) in [5, 5.41) is 5.32. The molecule has 0 saturated carbocycles. The van der Waals surface area contributed by atoms with Gasteiger partial charge in [-0.25, -0.2) is 4.57 Å². The lowest BCUT2D eigenvalue weighted by Crippen LogP contribution is -2.33. The van der Waals surface area contributed by atoms with Crippen LogP contribution in [-0.2, 0) is 13.5 Å². The van der Waals surface area contributed by atoms with Gasteiger partial charge in [0.1, 0.15) is 7.05 Å². The van der Waals surface area contributed by atoms with Crippen molar-refractivity contribution in [1.82, 2.24) is 9.55 Å². The van der Waals surface area contributed by atoms with Gasteiger partial charge in [-0.3, -0.25) is 14.3 Å². The van der Waals surface area contributed by atoms with Crippen molar-refractivity contribution in [2.45, 2.75) is 19.8 Å². The summed E-state index contributed by atoms with van der Waals surface area (Å²) in [6.07, 6.45) is 5.87. The predicted molar refractivity (Wildman–Crippen MR) is 130 cm³/mol. The maximum absolute atomic E-state index is 13.1. The predicted octanol–water partition coefficient (Wildman–Crippen LogP) is 5.06. The van der Waals surface area contributed by atoms with E-state index in [-0.39, 0.29) is 5.56 Å². The highest BCUT2D eigenvalue weighted by Gasteiger charge is 2.14. The number of anilines is 2. The molecule has 5 rings (SSSR count). The molecule has 0 aliphatic carbocycles. The molecule has 0 aliphatic heterocycles. The average Bonchev–Trinajstić information content (AvgIpc) is 2.81. The molecular formula is C27H25N4O+. The third-order valence-corrected chi connectivity index (χ3v) is 5.78. The summed E-state index contributed by atoms with van der Waals surface area (Å²) in [6, 6.07) is 23.7. The Kier molecular flexibility index (Phi) is 5.15. The Hall–Kier alpha value is -3.99. The summed E-state index contributed by atoms with van der Waals surface area (Å²) >= 11 is 0. The molecule has 1 N–H and O–H groups in total. The van der Waals surface area contributed by atoms with E-state index in [9.17, 15) is 4.79 Å². The maximum atomic E-state index is 13.1. The van der Waals surface area contributed by atoms with Crippen molar-refractivity contribution in [2.75, 3.05) is 5.32 Å². The summed E-state index contributed by atoms with van der Waals surface area (Å²) in [5.74, 6) is 0. The molecule has 0 spiro atoms. The van der Waals surface area contributed by atoms with Crippen molar-refractivity contribution >= 4 is 33.2 Å². The SMILES string of the molecule is CCCc1cc(-n2c(=O)ccc3cnc4ccc(Nc5ccccc5)cc4c32)cc[n+]1C. The van der Waals surface area contributed by atoms with Gasteiger partial charge in [-0.15, -0.1) is 0 Å². The van der Waals surface area contributed by atoms with Crippen LogP contribution in [0.15, 0.2) is 90.0 Å². The van der Waals surface area contributed by atoms with E-state index in [2.05, 4.69) is 33.9 Å². The fourth-order valence-corrected chi connectivity index (χ4v) is 4.18. The molecule has 5 nitrogen and oxygen atoms in total. The van der Waals surface area contributed by atoms with Gasteiger partial charge in [0.15, 0.2) is 11.9 Å². The monoisotopic (exact) mass is 421 g/mol. The highest BCUT2D eigenvalue weighted by Crippen LogP contribution is 2.28. The number of aromatic nitrogens is 3. The minimum atomic E-state index is -0.0530. The number of hydrogen-bond acceptors (Lipinski definition) is 3. The van der Waals surface area contributed by atoms with E-state index in [4.69, 9.17) is 0 Å². The molecule has 0 fully saturated rings. The second kappa shape index (κ2) is 8.27. The Morgan fingerprint density at radius 2 is 1.81 bits per heavy atom. The topological polar surface area (TPSA) is 50.8 Å². The lowest BCUT2D eigenvalue weighted by atomic mass is 10.1. The summed E-state index contributed by atoms with van der Waals surface area (Å²) in [7, 11) is 2.04. The number of nitrogens with one attached hydrogen (secondary N) is 1. The zero-order valence-corrected chi connectivity index (χ0v) is 18.2. The van der Waals surface area contributed by atoms with Gasteiger partial charge in [-0.05, 0) is 42.8 Å². The molecule has 5 aromatic rings. The maximum Gasteiger partial charge on any atom is 0.255 e. The third kappa shape index (κ3) is 3.62. The zero-order valence-electron chi connectivity index (χ0n) is 18.2. The second-order valence-electron chi connectivity index (χ2n) is 8.03. The number of para-hydroxylation sites is 1. The number of aryl methyl sites for hydroxylation is 2. The standard InChI is InChI=1S/C27H25N4O/c1-3-7-22-17-23(14-15-30(22)2)31-26(32)13-10-19-18-28-25-12-11-21(16-24(25)27(19)31)29-20-8-5-4-6-9-20/h4-6,8-18,29H,3,7H2,1-2H3/q+1. The minimum Gasteiger partial charge on any atom is -0.356 e. The molecule has 0 bridgehead atoms. The van der Waals surface area contributed by atoms with E-state index >= 15 is 0 Å². The average molecular weight is 422 g/mol. The van der Waals surface area contributed by atoms with Crippen LogP contribution in [0.4, 0.5) is 11.4 Å². The summed E-state index contributed by atoms with van der Waals surface area (Å²) in [6.45, 7) is 2.16. The highest BCUT2D eigenvalue weighted by atomic mass is 16.1. The van der Waals surface area contributed by atoms with E-state index in [0.29, 0.717) is 0 Å². The number of hydrogen-bond donors (Lipinski definition) is 1. The van der Waals surface area contributed by atoms with Crippen LogP contribution in [-0.4, -0.2) is 9.55 Å². The largest absolute Gasteiger partial charge is 0.356 e. The van der Waals surface area contributed by atoms with Gasteiger partial charge in [-0.2, -0.15) is 0 Å². The van der Waals surface area contributed by atoms with Crippen LogP contribution in [0.3, 0.4) is 0 Å². The molecule has 0 unspecified atom stereocenters. The van der Waals surface area contributed by atoms with Crippen LogP contribution in [0, 0.1) is 0 Å². The van der Waals surface area contributed by atoms with Crippen LogP contribution in [0.25, 0.3) is 27.5 Å². The fraction of sp³-hybridized carbons (Fsp3) is 0.148.